The number of phenols is 1. The number of carbonyl (C=O) groups is 1. The van der Waals surface area contributed by atoms with E-state index < -0.39 is 13.7 Å². The Morgan fingerprint density at radius 1 is 1.36 bits per heavy atom. The van der Waals surface area contributed by atoms with Crippen molar-refractivity contribution >= 4 is 51.4 Å². The molecule has 0 aliphatic rings. The van der Waals surface area contributed by atoms with Crippen molar-refractivity contribution in [2.24, 2.45) is 0 Å². The van der Waals surface area contributed by atoms with Crippen LogP contribution in [0.3, 0.4) is 0 Å². The Morgan fingerprint density at radius 3 is 2.07 bits per heavy atom. The van der Waals surface area contributed by atoms with E-state index in [1.54, 1.807) is 6.07 Å². The fraction of sp³-hybridized carbons (Fsp3) is 0. The normalized spacial score (nSPS) is 7.57. The number of rotatable bonds is 1. The zero-order chi connectivity index (χ0) is 10.3. The number of aromatic carboxylic acids is 1. The number of carbonyl (C=O) groups excluding carboxylic acids is 1. The van der Waals surface area contributed by atoms with Gasteiger partial charge in [-0.1, -0.05) is 12.1 Å². The van der Waals surface area contributed by atoms with E-state index in [0.29, 0.717) is 0 Å². The average molecular weight is 222 g/mol. The Morgan fingerprint density at radius 2 is 1.79 bits per heavy atom. The van der Waals surface area contributed by atoms with Gasteiger partial charge in [0, 0.05) is 5.56 Å². The zero-order valence-electron chi connectivity index (χ0n) is 7.34. The Labute approximate surface area is 111 Å². The van der Waals surface area contributed by atoms with Gasteiger partial charge in [0.15, 0.2) is 7.69 Å². The molecule has 0 aliphatic carbocycles. The molecule has 0 atom stereocenters. The summed E-state index contributed by atoms with van der Waals surface area (Å²) < 4.78 is 0. The molecule has 0 saturated heterocycles. The van der Waals surface area contributed by atoms with Crippen LogP contribution in [-0.4, -0.2) is 61.5 Å². The van der Waals surface area contributed by atoms with E-state index in [-0.39, 0.29) is 49.1 Å². The van der Waals surface area contributed by atoms with E-state index in [2.05, 4.69) is 0 Å². The average Bonchev–Trinajstić information content (AvgIpc) is 2.06. The molecule has 2 N–H and O–H groups in total. The monoisotopic (exact) mass is 222 g/mol. The number of hydrogen-bond acceptors (Lipinski definition) is 5. The molecule has 0 unspecified atom stereocenters. The quantitative estimate of drug-likeness (QED) is 0.492. The molecular weight excluding hydrogens is 215 g/mol. The SMILES string of the molecule is O=C([O-])c1ccccc1O.[Ca+2].[O-]BO. The second-order valence-corrected chi connectivity index (χ2v) is 1.93. The van der Waals surface area contributed by atoms with Crippen molar-refractivity contribution in [2.75, 3.05) is 0 Å². The summed E-state index contributed by atoms with van der Waals surface area (Å²) in [5, 5.41) is 34.5. The van der Waals surface area contributed by atoms with Crippen LogP contribution in [0.15, 0.2) is 24.3 Å². The number of aromatic hydroxyl groups is 1. The molecule has 14 heavy (non-hydrogen) atoms. The third-order valence-electron chi connectivity index (χ3n) is 1.12. The second kappa shape index (κ2) is 9.30. The van der Waals surface area contributed by atoms with Crippen molar-refractivity contribution in [1.29, 1.82) is 0 Å². The van der Waals surface area contributed by atoms with Crippen molar-refractivity contribution in [2.45, 2.75) is 0 Å². The predicted molar refractivity (Wildman–Crippen MR) is 47.6 cm³/mol. The van der Waals surface area contributed by atoms with Gasteiger partial charge in [0.1, 0.15) is 5.75 Å². The molecule has 1 aromatic carbocycles. The van der Waals surface area contributed by atoms with E-state index in [9.17, 15) is 9.90 Å². The summed E-state index contributed by atoms with van der Waals surface area (Å²) >= 11 is 0. The summed E-state index contributed by atoms with van der Waals surface area (Å²) in [5.41, 5.74) is -0.178. The molecule has 0 heterocycles. The standard InChI is InChI=1S/C7H6O3.BH2O2.Ca/c8-6-4-2-1-3-5(6)7(9)10;2-1-3;/h1-4,8H,(H,9,10);1-2H;/q;-1;+2/p-1. The third kappa shape index (κ3) is 6.23. The third-order valence-corrected chi connectivity index (χ3v) is 1.12. The molecule has 7 heteroatoms. The molecule has 1 aromatic rings. The van der Waals surface area contributed by atoms with Gasteiger partial charge < -0.3 is 25.1 Å². The minimum atomic E-state index is -1.36. The van der Waals surface area contributed by atoms with Crippen LogP contribution in [0.25, 0.3) is 0 Å². The molecule has 0 radical (unpaired) electrons. The van der Waals surface area contributed by atoms with Crippen LogP contribution in [0.4, 0.5) is 0 Å². The van der Waals surface area contributed by atoms with Crippen molar-refractivity contribution in [3.63, 3.8) is 0 Å². The molecule has 0 fully saturated rings. The smallest absolute Gasteiger partial charge is 0.859 e. The van der Waals surface area contributed by atoms with Gasteiger partial charge in [-0.05, 0) is 12.1 Å². The van der Waals surface area contributed by atoms with Crippen LogP contribution in [0.2, 0.25) is 0 Å². The molecule has 0 amide bonds. The predicted octanol–water partition coefficient (Wildman–Crippen LogP) is -3.02. The van der Waals surface area contributed by atoms with Gasteiger partial charge in [0.25, 0.3) is 0 Å². The Balaban J connectivity index is 0. The molecular formula is C7H7BCaO5. The summed E-state index contributed by atoms with van der Waals surface area (Å²) in [5.74, 6) is -1.62. The molecule has 0 aromatic heterocycles. The minimum Gasteiger partial charge on any atom is -0.859 e. The van der Waals surface area contributed by atoms with Crippen LogP contribution in [-0.2, 0) is 0 Å². The van der Waals surface area contributed by atoms with Gasteiger partial charge in [0.2, 0.25) is 0 Å². The van der Waals surface area contributed by atoms with Crippen molar-refractivity contribution in [1.82, 2.24) is 0 Å². The van der Waals surface area contributed by atoms with Gasteiger partial charge in [-0.2, -0.15) is 0 Å². The summed E-state index contributed by atoms with van der Waals surface area (Å²) in [6, 6.07) is 5.64. The maximum absolute atomic E-state index is 10.2. The summed E-state index contributed by atoms with van der Waals surface area (Å²) in [4.78, 5) is 10.2. The van der Waals surface area contributed by atoms with Crippen LogP contribution in [0.5, 0.6) is 5.75 Å². The Bertz CT molecular complexity index is 281. The van der Waals surface area contributed by atoms with Crippen LogP contribution < -0.4 is 10.1 Å². The first-order valence-corrected chi connectivity index (χ1v) is 3.31. The topological polar surface area (TPSA) is 104 Å². The van der Waals surface area contributed by atoms with E-state index in [4.69, 9.17) is 15.2 Å². The van der Waals surface area contributed by atoms with Crippen molar-refractivity contribution in [3.05, 3.63) is 29.8 Å². The van der Waals surface area contributed by atoms with Crippen LogP contribution in [0, 0.1) is 0 Å². The molecule has 0 spiro atoms. The number of para-hydroxylation sites is 1. The van der Waals surface area contributed by atoms with E-state index in [1.807, 2.05) is 0 Å². The zero-order valence-corrected chi connectivity index (χ0v) is 9.55. The molecule has 0 bridgehead atoms. The second-order valence-electron chi connectivity index (χ2n) is 1.93. The van der Waals surface area contributed by atoms with Crippen molar-refractivity contribution in [3.8, 4) is 5.75 Å². The van der Waals surface area contributed by atoms with E-state index in [0.717, 1.165) is 0 Å². The molecule has 0 saturated carbocycles. The first-order valence-electron chi connectivity index (χ1n) is 3.31. The number of carboxylic acids is 1. The Hall–Kier alpha value is -0.265. The van der Waals surface area contributed by atoms with Crippen LogP contribution in [0.1, 0.15) is 10.4 Å². The first kappa shape index (κ1) is 16.2. The maximum atomic E-state index is 10.2. The van der Waals surface area contributed by atoms with Gasteiger partial charge >= 0.3 is 37.7 Å². The maximum Gasteiger partial charge on any atom is 2.00 e. The fourth-order valence-corrected chi connectivity index (χ4v) is 0.646. The van der Waals surface area contributed by atoms with Gasteiger partial charge in [-0.15, -0.1) is 0 Å². The number of benzene rings is 1. The molecule has 70 valence electrons. The van der Waals surface area contributed by atoms with Crippen LogP contribution >= 0.6 is 0 Å². The van der Waals surface area contributed by atoms with Gasteiger partial charge in [-0.3, -0.25) is 0 Å². The molecule has 5 nitrogen and oxygen atoms in total. The minimum absolute atomic E-state index is 0. The fourth-order valence-electron chi connectivity index (χ4n) is 0.646. The summed E-state index contributed by atoms with van der Waals surface area (Å²) in [6.45, 7) is 0. The molecule has 0 aliphatic heterocycles. The Kier molecular flexibility index (Phi) is 10.7. The number of carboxylic acid groups (broad SMARTS) is 1. The first-order chi connectivity index (χ1) is 6.13. The van der Waals surface area contributed by atoms with E-state index in [1.165, 1.54) is 18.2 Å². The number of hydrogen-bond donors (Lipinski definition) is 2. The van der Waals surface area contributed by atoms with Gasteiger partial charge in [-0.25, -0.2) is 0 Å². The summed E-state index contributed by atoms with van der Waals surface area (Å²) in [7, 11) is -1.00. The molecule has 1 rings (SSSR count). The van der Waals surface area contributed by atoms with Gasteiger partial charge in [0.05, 0.1) is 5.97 Å². The van der Waals surface area contributed by atoms with Crippen molar-refractivity contribution < 1.29 is 25.1 Å². The summed E-state index contributed by atoms with van der Waals surface area (Å²) in [6.07, 6.45) is 0. The van der Waals surface area contributed by atoms with E-state index >= 15 is 0 Å². The largest absolute Gasteiger partial charge is 2.00 e.